The monoisotopic (exact) mass is 291 g/mol. The smallest absolute Gasteiger partial charge is 0.326 e. The first kappa shape index (κ1) is 14.8. The van der Waals surface area contributed by atoms with E-state index in [4.69, 9.17) is 0 Å². The highest BCUT2D eigenvalue weighted by molar-refractivity contribution is 5.87. The van der Waals surface area contributed by atoms with Crippen LogP contribution in [0.2, 0.25) is 0 Å². The Labute approximate surface area is 121 Å². The number of likely N-dealkylation sites (N-methyl/N-ethyl adjacent to an activating group) is 1. The minimum atomic E-state index is -1.06. The van der Waals surface area contributed by atoms with E-state index in [0.717, 1.165) is 11.1 Å². The molecule has 2 rings (SSSR count). The number of hydrogen-bond acceptors (Lipinski definition) is 3. The molecule has 1 aromatic carbocycles. The molecule has 7 nitrogen and oxygen atoms in total. The lowest BCUT2D eigenvalue weighted by molar-refractivity contribution is -0.142. The zero-order valence-electron chi connectivity index (χ0n) is 11.6. The maximum Gasteiger partial charge on any atom is 0.326 e. The Bertz CT molecular complexity index is 573. The van der Waals surface area contributed by atoms with Gasteiger partial charge in [-0.25, -0.2) is 9.59 Å². The van der Waals surface area contributed by atoms with Gasteiger partial charge in [0.1, 0.15) is 6.04 Å². The summed E-state index contributed by atoms with van der Waals surface area (Å²) < 4.78 is 0. The summed E-state index contributed by atoms with van der Waals surface area (Å²) in [5, 5.41) is 14.1. The average Bonchev–Trinajstić information content (AvgIpc) is 2.50. The van der Waals surface area contributed by atoms with Crippen LogP contribution in [-0.2, 0) is 22.6 Å². The zero-order chi connectivity index (χ0) is 15.4. The predicted octanol–water partition coefficient (Wildman–Crippen LogP) is -0.0465. The fourth-order valence-corrected chi connectivity index (χ4v) is 2.30. The number of carbonyl (C=O) groups is 3. The van der Waals surface area contributed by atoms with Crippen LogP contribution in [0, 0.1) is 0 Å². The molecule has 3 N–H and O–H groups in total. The van der Waals surface area contributed by atoms with Gasteiger partial charge in [0.25, 0.3) is 0 Å². The molecule has 1 aliphatic heterocycles. The van der Waals surface area contributed by atoms with Crippen molar-refractivity contribution in [3.63, 3.8) is 0 Å². The van der Waals surface area contributed by atoms with E-state index in [-0.39, 0.29) is 25.4 Å². The van der Waals surface area contributed by atoms with E-state index in [1.165, 1.54) is 11.9 Å². The summed E-state index contributed by atoms with van der Waals surface area (Å²) in [4.78, 5) is 35.9. The molecule has 1 heterocycles. The number of benzene rings is 1. The Morgan fingerprint density at radius 3 is 2.57 bits per heavy atom. The van der Waals surface area contributed by atoms with Gasteiger partial charge in [0, 0.05) is 20.0 Å². The van der Waals surface area contributed by atoms with Crippen LogP contribution in [0.15, 0.2) is 24.3 Å². The largest absolute Gasteiger partial charge is 0.480 e. The molecule has 1 unspecified atom stereocenters. The first-order chi connectivity index (χ1) is 10.0. The van der Waals surface area contributed by atoms with Crippen molar-refractivity contribution in [3.8, 4) is 0 Å². The maximum atomic E-state index is 12.1. The first-order valence-corrected chi connectivity index (χ1v) is 6.57. The normalized spacial score (nSPS) is 16.8. The van der Waals surface area contributed by atoms with Crippen molar-refractivity contribution in [1.29, 1.82) is 0 Å². The number of nitrogens with one attached hydrogen (secondary N) is 2. The number of carboxylic acid groups (broad SMARTS) is 1. The van der Waals surface area contributed by atoms with E-state index in [0.29, 0.717) is 0 Å². The molecular weight excluding hydrogens is 274 g/mol. The highest BCUT2D eigenvalue weighted by Gasteiger charge is 2.34. The number of aliphatic carboxylic acids is 1. The van der Waals surface area contributed by atoms with Crippen molar-refractivity contribution in [1.82, 2.24) is 15.5 Å². The lowest BCUT2D eigenvalue weighted by atomic mass is 9.94. The second-order valence-electron chi connectivity index (χ2n) is 4.79. The summed E-state index contributed by atoms with van der Waals surface area (Å²) in [5.74, 6) is -1.40. The van der Waals surface area contributed by atoms with E-state index in [1.807, 2.05) is 24.3 Å². The fraction of sp³-hybridized carbons (Fsp3) is 0.357. The SMILES string of the molecule is CNC(=O)CNC(=O)N1Cc2ccccc2CC1C(=O)O. The predicted molar refractivity (Wildman–Crippen MR) is 74.6 cm³/mol. The van der Waals surface area contributed by atoms with Crippen LogP contribution in [0.5, 0.6) is 0 Å². The fourth-order valence-electron chi connectivity index (χ4n) is 2.30. The van der Waals surface area contributed by atoms with Gasteiger partial charge in [0.05, 0.1) is 6.54 Å². The minimum Gasteiger partial charge on any atom is -0.480 e. The number of amides is 3. The van der Waals surface area contributed by atoms with E-state index in [1.54, 1.807) is 0 Å². The summed E-state index contributed by atoms with van der Waals surface area (Å²) in [6.07, 6.45) is 0.263. The van der Waals surface area contributed by atoms with Crippen LogP contribution in [-0.4, -0.2) is 47.5 Å². The Morgan fingerprint density at radius 1 is 1.29 bits per heavy atom. The Balaban J connectivity index is 2.14. The number of carboxylic acids is 1. The Kier molecular flexibility index (Phi) is 4.42. The summed E-state index contributed by atoms with van der Waals surface area (Å²) in [5.41, 5.74) is 1.85. The summed E-state index contributed by atoms with van der Waals surface area (Å²) >= 11 is 0. The standard InChI is InChI=1S/C14H17N3O4/c1-15-12(18)7-16-14(21)17-8-10-5-3-2-4-9(10)6-11(17)13(19)20/h2-5,11H,6-8H2,1H3,(H,15,18)(H,16,21)(H,19,20). The van der Waals surface area contributed by atoms with Crippen molar-refractivity contribution in [2.24, 2.45) is 0 Å². The number of fused-ring (bicyclic) bond motifs is 1. The molecule has 0 radical (unpaired) electrons. The van der Waals surface area contributed by atoms with Gasteiger partial charge in [-0.15, -0.1) is 0 Å². The zero-order valence-corrected chi connectivity index (χ0v) is 11.6. The molecule has 7 heteroatoms. The number of carbonyl (C=O) groups excluding carboxylic acids is 2. The van der Waals surface area contributed by atoms with Crippen molar-refractivity contribution < 1.29 is 19.5 Å². The number of hydrogen-bond donors (Lipinski definition) is 3. The Morgan fingerprint density at radius 2 is 1.95 bits per heavy atom. The van der Waals surface area contributed by atoms with E-state index >= 15 is 0 Å². The van der Waals surface area contributed by atoms with Gasteiger partial charge in [-0.2, -0.15) is 0 Å². The highest BCUT2D eigenvalue weighted by atomic mass is 16.4. The second kappa shape index (κ2) is 6.25. The number of urea groups is 1. The molecule has 3 amide bonds. The van der Waals surface area contributed by atoms with Crippen molar-refractivity contribution >= 4 is 17.9 Å². The van der Waals surface area contributed by atoms with Crippen LogP contribution in [0.1, 0.15) is 11.1 Å². The van der Waals surface area contributed by atoms with E-state index in [9.17, 15) is 19.5 Å². The van der Waals surface area contributed by atoms with Gasteiger partial charge in [0.15, 0.2) is 0 Å². The molecule has 0 fully saturated rings. The second-order valence-corrected chi connectivity index (χ2v) is 4.79. The number of nitrogens with zero attached hydrogens (tertiary/aromatic N) is 1. The topological polar surface area (TPSA) is 98.7 Å². The van der Waals surface area contributed by atoms with Crippen molar-refractivity contribution in [2.45, 2.75) is 19.0 Å². The molecule has 112 valence electrons. The third-order valence-electron chi connectivity index (χ3n) is 3.47. The van der Waals surface area contributed by atoms with Crippen LogP contribution >= 0.6 is 0 Å². The van der Waals surface area contributed by atoms with Crippen LogP contribution in [0.25, 0.3) is 0 Å². The number of rotatable bonds is 3. The quantitative estimate of drug-likeness (QED) is 0.727. The molecule has 0 aromatic heterocycles. The highest BCUT2D eigenvalue weighted by Crippen LogP contribution is 2.23. The average molecular weight is 291 g/mol. The lowest BCUT2D eigenvalue weighted by Gasteiger charge is -2.34. The Hall–Kier alpha value is -2.57. The molecular formula is C14H17N3O4. The summed E-state index contributed by atoms with van der Waals surface area (Å²) in [6, 6.07) is 5.95. The van der Waals surface area contributed by atoms with Gasteiger partial charge < -0.3 is 20.6 Å². The van der Waals surface area contributed by atoms with Crippen LogP contribution < -0.4 is 10.6 Å². The van der Waals surface area contributed by atoms with E-state index < -0.39 is 18.0 Å². The molecule has 21 heavy (non-hydrogen) atoms. The van der Waals surface area contributed by atoms with Crippen LogP contribution in [0.3, 0.4) is 0 Å². The van der Waals surface area contributed by atoms with Gasteiger partial charge in [-0.3, -0.25) is 4.79 Å². The van der Waals surface area contributed by atoms with Gasteiger partial charge in [-0.1, -0.05) is 24.3 Å². The minimum absolute atomic E-state index is 0.181. The molecule has 1 aliphatic rings. The maximum absolute atomic E-state index is 12.1. The van der Waals surface area contributed by atoms with E-state index in [2.05, 4.69) is 10.6 Å². The third-order valence-corrected chi connectivity index (χ3v) is 3.47. The lowest BCUT2D eigenvalue weighted by Crippen LogP contribution is -2.53. The molecule has 1 atom stereocenters. The van der Waals surface area contributed by atoms with Gasteiger partial charge >= 0.3 is 12.0 Å². The molecule has 0 spiro atoms. The molecule has 0 saturated carbocycles. The molecule has 0 aliphatic carbocycles. The first-order valence-electron chi connectivity index (χ1n) is 6.57. The summed E-state index contributed by atoms with van der Waals surface area (Å²) in [7, 11) is 1.46. The van der Waals surface area contributed by atoms with Gasteiger partial charge in [-0.05, 0) is 11.1 Å². The van der Waals surface area contributed by atoms with Gasteiger partial charge in [0.2, 0.25) is 5.91 Å². The van der Waals surface area contributed by atoms with Crippen LogP contribution in [0.4, 0.5) is 4.79 Å². The third kappa shape index (κ3) is 3.31. The molecule has 0 saturated heterocycles. The molecule has 0 bridgehead atoms. The molecule has 1 aromatic rings. The van der Waals surface area contributed by atoms with Crippen molar-refractivity contribution in [3.05, 3.63) is 35.4 Å². The van der Waals surface area contributed by atoms with Crippen molar-refractivity contribution in [2.75, 3.05) is 13.6 Å². The summed E-state index contributed by atoms with van der Waals surface area (Å²) in [6.45, 7) is 0.0343.